The van der Waals surface area contributed by atoms with Crippen molar-refractivity contribution in [3.63, 3.8) is 0 Å². The number of Topliss-reactive ketones (excluding diaryl/α,β-unsaturated/α-hetero) is 1. The maximum absolute atomic E-state index is 12.6. The lowest BCUT2D eigenvalue weighted by Crippen LogP contribution is -2.43. The summed E-state index contributed by atoms with van der Waals surface area (Å²) in [6.45, 7) is 5.84. The Kier molecular flexibility index (Phi) is 12.1. The summed E-state index contributed by atoms with van der Waals surface area (Å²) >= 11 is 0. The maximum Gasteiger partial charge on any atom is 0.328 e. The van der Waals surface area contributed by atoms with Gasteiger partial charge in [-0.25, -0.2) is 4.79 Å². The summed E-state index contributed by atoms with van der Waals surface area (Å²) in [5.41, 5.74) is 0.371. The first-order valence-electron chi connectivity index (χ1n) is 10.8. The van der Waals surface area contributed by atoms with E-state index in [1.54, 1.807) is 18.2 Å². The van der Waals surface area contributed by atoms with Gasteiger partial charge in [0.05, 0.1) is 17.9 Å². The molecule has 2 N–H and O–H groups in total. The highest BCUT2D eigenvalue weighted by Crippen LogP contribution is 2.17. The van der Waals surface area contributed by atoms with Crippen molar-refractivity contribution in [2.24, 2.45) is 0 Å². The fourth-order valence-electron chi connectivity index (χ4n) is 2.78. The SMILES string of the molecule is CCCCCCCC(=O)Nc1ccccc1C(=O)C(=O)N[C@@H](C)C(=O)OCCCC. The van der Waals surface area contributed by atoms with Gasteiger partial charge in [-0.15, -0.1) is 0 Å². The molecule has 0 fully saturated rings. The van der Waals surface area contributed by atoms with Crippen LogP contribution in [0.1, 0.15) is 82.5 Å². The molecule has 0 aliphatic rings. The van der Waals surface area contributed by atoms with E-state index in [9.17, 15) is 19.2 Å². The third-order valence-corrected chi connectivity index (χ3v) is 4.60. The lowest BCUT2D eigenvalue weighted by atomic mass is 10.1. The number of ether oxygens (including phenoxy) is 1. The van der Waals surface area contributed by atoms with E-state index in [2.05, 4.69) is 17.6 Å². The second-order valence-corrected chi connectivity index (χ2v) is 7.30. The Morgan fingerprint density at radius 3 is 2.30 bits per heavy atom. The van der Waals surface area contributed by atoms with Crippen LogP contribution in [0.3, 0.4) is 0 Å². The Balaban J connectivity index is 2.64. The molecule has 1 rings (SSSR count). The summed E-state index contributed by atoms with van der Waals surface area (Å²) < 4.78 is 5.05. The lowest BCUT2D eigenvalue weighted by molar-refractivity contribution is -0.147. The topological polar surface area (TPSA) is 102 Å². The summed E-state index contributed by atoms with van der Waals surface area (Å²) in [7, 11) is 0. The van der Waals surface area contributed by atoms with Gasteiger partial charge >= 0.3 is 5.97 Å². The number of hydrogen-bond acceptors (Lipinski definition) is 5. The van der Waals surface area contributed by atoms with Gasteiger partial charge in [0.25, 0.3) is 11.7 Å². The van der Waals surface area contributed by atoms with Gasteiger partial charge in [0.1, 0.15) is 6.04 Å². The molecule has 0 aromatic heterocycles. The summed E-state index contributed by atoms with van der Waals surface area (Å²) in [6, 6.07) is 5.41. The molecular weight excluding hydrogens is 384 g/mol. The zero-order valence-electron chi connectivity index (χ0n) is 18.3. The molecule has 7 heteroatoms. The molecule has 0 spiro atoms. The first-order valence-corrected chi connectivity index (χ1v) is 10.8. The smallest absolute Gasteiger partial charge is 0.328 e. The third kappa shape index (κ3) is 9.20. The summed E-state index contributed by atoms with van der Waals surface area (Å²) in [5, 5.41) is 5.08. The number of esters is 1. The fourth-order valence-corrected chi connectivity index (χ4v) is 2.78. The minimum Gasteiger partial charge on any atom is -0.464 e. The minimum absolute atomic E-state index is 0.0842. The summed E-state index contributed by atoms with van der Waals surface area (Å²) in [4.78, 5) is 49.0. The molecule has 1 aromatic rings. The Morgan fingerprint density at radius 1 is 0.933 bits per heavy atom. The molecule has 166 valence electrons. The van der Waals surface area contributed by atoms with Crippen LogP contribution < -0.4 is 10.6 Å². The predicted molar refractivity (Wildman–Crippen MR) is 116 cm³/mol. The predicted octanol–water partition coefficient (Wildman–Crippen LogP) is 4.02. The van der Waals surface area contributed by atoms with Gasteiger partial charge in [0.15, 0.2) is 0 Å². The fraction of sp³-hybridized carbons (Fsp3) is 0.565. The monoisotopic (exact) mass is 418 g/mol. The molecule has 0 bridgehead atoms. The van der Waals surface area contributed by atoms with Crippen LogP contribution in [0, 0.1) is 0 Å². The number of amides is 2. The van der Waals surface area contributed by atoms with E-state index in [-0.39, 0.29) is 23.8 Å². The lowest BCUT2D eigenvalue weighted by Gasteiger charge is -2.14. The molecule has 0 radical (unpaired) electrons. The Labute approximate surface area is 178 Å². The second kappa shape index (κ2) is 14.3. The van der Waals surface area contributed by atoms with Crippen LogP contribution in [0.4, 0.5) is 5.69 Å². The number of nitrogens with one attached hydrogen (secondary N) is 2. The first-order chi connectivity index (χ1) is 14.4. The van der Waals surface area contributed by atoms with Gasteiger partial charge in [-0.05, 0) is 31.9 Å². The number of para-hydroxylation sites is 1. The van der Waals surface area contributed by atoms with Crippen LogP contribution in [0.25, 0.3) is 0 Å². The maximum atomic E-state index is 12.6. The molecule has 7 nitrogen and oxygen atoms in total. The van der Waals surface area contributed by atoms with E-state index in [0.29, 0.717) is 6.42 Å². The average Bonchev–Trinajstić information content (AvgIpc) is 2.73. The Morgan fingerprint density at radius 2 is 1.60 bits per heavy atom. The molecule has 30 heavy (non-hydrogen) atoms. The molecule has 0 unspecified atom stereocenters. The largest absolute Gasteiger partial charge is 0.464 e. The van der Waals surface area contributed by atoms with Gasteiger partial charge in [0.2, 0.25) is 5.91 Å². The molecule has 0 aliphatic heterocycles. The number of rotatable bonds is 14. The van der Waals surface area contributed by atoms with E-state index in [4.69, 9.17) is 4.74 Å². The number of ketones is 1. The van der Waals surface area contributed by atoms with Crippen molar-refractivity contribution in [1.82, 2.24) is 5.32 Å². The van der Waals surface area contributed by atoms with Crippen molar-refractivity contribution in [2.45, 2.75) is 78.2 Å². The van der Waals surface area contributed by atoms with Crippen molar-refractivity contribution in [1.29, 1.82) is 0 Å². The van der Waals surface area contributed by atoms with E-state index >= 15 is 0 Å². The second-order valence-electron chi connectivity index (χ2n) is 7.30. The van der Waals surface area contributed by atoms with Crippen LogP contribution in [-0.2, 0) is 19.1 Å². The number of carbonyl (C=O) groups is 4. The molecule has 0 saturated heterocycles. The van der Waals surface area contributed by atoms with E-state index in [1.165, 1.54) is 13.0 Å². The van der Waals surface area contributed by atoms with Crippen molar-refractivity contribution in [2.75, 3.05) is 11.9 Å². The minimum atomic E-state index is -0.941. The molecule has 1 aromatic carbocycles. The third-order valence-electron chi connectivity index (χ3n) is 4.60. The van der Waals surface area contributed by atoms with Crippen molar-refractivity contribution >= 4 is 29.3 Å². The van der Waals surface area contributed by atoms with E-state index in [0.717, 1.165) is 44.9 Å². The molecule has 0 aliphatic carbocycles. The van der Waals surface area contributed by atoms with Crippen molar-refractivity contribution in [3.05, 3.63) is 29.8 Å². The van der Waals surface area contributed by atoms with E-state index < -0.39 is 23.7 Å². The molecule has 2 amide bonds. The van der Waals surface area contributed by atoms with Crippen molar-refractivity contribution < 1.29 is 23.9 Å². The highest BCUT2D eigenvalue weighted by Gasteiger charge is 2.24. The molecular formula is C23H34N2O5. The molecule has 0 heterocycles. The summed E-state index contributed by atoms with van der Waals surface area (Å²) in [6.07, 6.45) is 7.12. The Hall–Kier alpha value is -2.70. The zero-order valence-corrected chi connectivity index (χ0v) is 18.3. The highest BCUT2D eigenvalue weighted by molar-refractivity contribution is 6.44. The number of hydrogen-bond donors (Lipinski definition) is 2. The van der Waals surface area contributed by atoms with Crippen LogP contribution in [0.15, 0.2) is 24.3 Å². The number of carbonyl (C=O) groups excluding carboxylic acids is 4. The number of anilines is 1. The van der Waals surface area contributed by atoms with Crippen LogP contribution in [0.2, 0.25) is 0 Å². The van der Waals surface area contributed by atoms with E-state index in [1.807, 2.05) is 6.92 Å². The van der Waals surface area contributed by atoms with Crippen molar-refractivity contribution in [3.8, 4) is 0 Å². The highest BCUT2D eigenvalue weighted by atomic mass is 16.5. The zero-order chi connectivity index (χ0) is 22.4. The average molecular weight is 419 g/mol. The summed E-state index contributed by atoms with van der Waals surface area (Å²) in [5.74, 6) is -2.52. The quantitative estimate of drug-likeness (QED) is 0.206. The van der Waals surface area contributed by atoms with Gasteiger partial charge in [-0.2, -0.15) is 0 Å². The number of benzene rings is 1. The molecule has 1 atom stereocenters. The van der Waals surface area contributed by atoms with Gasteiger partial charge in [0, 0.05) is 6.42 Å². The normalized spacial score (nSPS) is 11.4. The van der Waals surface area contributed by atoms with Gasteiger partial charge in [-0.1, -0.05) is 58.1 Å². The van der Waals surface area contributed by atoms with Gasteiger partial charge in [-0.3, -0.25) is 14.4 Å². The van der Waals surface area contributed by atoms with Crippen LogP contribution >= 0.6 is 0 Å². The molecule has 0 saturated carbocycles. The van der Waals surface area contributed by atoms with Crippen LogP contribution in [-0.4, -0.2) is 36.2 Å². The first kappa shape index (κ1) is 25.3. The number of unbranched alkanes of at least 4 members (excludes halogenated alkanes) is 5. The van der Waals surface area contributed by atoms with Gasteiger partial charge < -0.3 is 15.4 Å². The standard InChI is InChI=1S/C23H34N2O5/c1-4-6-8-9-10-15-20(26)25-19-14-12-11-13-18(19)21(27)22(28)24-17(3)23(29)30-16-7-5-2/h11-14,17H,4-10,15-16H2,1-3H3,(H,24,28)(H,25,26)/t17-/m0/s1. The Bertz CT molecular complexity index is 717. The van der Waals surface area contributed by atoms with Crippen LogP contribution in [0.5, 0.6) is 0 Å².